The summed E-state index contributed by atoms with van der Waals surface area (Å²) >= 11 is 1.20. The Bertz CT molecular complexity index is 2140. The van der Waals surface area contributed by atoms with Gasteiger partial charge in [-0.25, -0.2) is 27.8 Å². The fourth-order valence-electron chi connectivity index (χ4n) is 7.17. The Kier molecular flexibility index (Phi) is 10.2. The predicted octanol–water partition coefficient (Wildman–Crippen LogP) is 3.64. The van der Waals surface area contributed by atoms with Gasteiger partial charge in [0.2, 0.25) is 27.7 Å². The third kappa shape index (κ3) is 7.44. The number of fused-ring (bicyclic) bond motifs is 3. The summed E-state index contributed by atoms with van der Waals surface area (Å²) in [6, 6.07) is 2.28. The number of aromatic nitrogens is 3. The zero-order chi connectivity index (χ0) is 38.4. The SMILES string of the molecule is CCc1nc2cccc(F)c2nc1O[C@@H]1C[C@H]2C(=O)N[C@]3(C(=O)NS(=O)(=O)C4(C)CC4)CC3/C=C\CCCCC[C@H](NC(=O)c3ncc(C)s3)C(=O)N2C1. The average molecular weight is 782 g/mol. The number of rotatable bonds is 8. The van der Waals surface area contributed by atoms with E-state index in [9.17, 15) is 32.0 Å². The quantitative estimate of drug-likeness (QED) is 0.285. The van der Waals surface area contributed by atoms with E-state index in [0.717, 1.165) is 17.7 Å². The molecule has 0 radical (unpaired) electrons. The molecule has 3 N–H and O–H groups in total. The van der Waals surface area contributed by atoms with Gasteiger partial charge in [0.05, 0.1) is 16.8 Å². The van der Waals surface area contributed by atoms with Gasteiger partial charge in [-0.15, -0.1) is 11.3 Å². The van der Waals surface area contributed by atoms with Crippen molar-refractivity contribution in [3.8, 4) is 5.88 Å². The largest absolute Gasteiger partial charge is 0.471 e. The van der Waals surface area contributed by atoms with E-state index in [1.165, 1.54) is 22.3 Å². The summed E-state index contributed by atoms with van der Waals surface area (Å²) in [5, 5.41) is 5.91. The molecule has 0 spiro atoms. The summed E-state index contributed by atoms with van der Waals surface area (Å²) in [5.41, 5.74) is -0.711. The highest BCUT2D eigenvalue weighted by Gasteiger charge is 2.63. The van der Waals surface area contributed by atoms with Crippen LogP contribution < -0.4 is 20.1 Å². The van der Waals surface area contributed by atoms with E-state index < -0.39 is 73.9 Å². The third-order valence-corrected chi connectivity index (χ3v) is 14.0. The van der Waals surface area contributed by atoms with Crippen LogP contribution >= 0.6 is 11.3 Å². The van der Waals surface area contributed by atoms with Gasteiger partial charge in [-0.1, -0.05) is 38.0 Å². The molecule has 2 aliphatic carbocycles. The van der Waals surface area contributed by atoms with Gasteiger partial charge in [-0.05, 0) is 70.9 Å². The van der Waals surface area contributed by atoms with Crippen molar-refractivity contribution in [3.63, 3.8) is 0 Å². The minimum absolute atomic E-state index is 0.0161. The topological polar surface area (TPSA) is 190 Å². The molecular weight excluding hydrogens is 738 g/mol. The first kappa shape index (κ1) is 37.8. The van der Waals surface area contributed by atoms with E-state index >= 15 is 0 Å². The summed E-state index contributed by atoms with van der Waals surface area (Å²) in [4.78, 5) is 71.4. The number of amides is 4. The van der Waals surface area contributed by atoms with Crippen LogP contribution in [0.15, 0.2) is 36.5 Å². The summed E-state index contributed by atoms with van der Waals surface area (Å²) in [7, 11) is -4.01. The minimum atomic E-state index is -4.01. The molecule has 288 valence electrons. The minimum Gasteiger partial charge on any atom is -0.471 e. The molecule has 7 rings (SSSR count). The lowest BCUT2D eigenvalue weighted by molar-refractivity contribution is -0.141. The zero-order valence-corrected chi connectivity index (χ0v) is 32.0. The molecule has 4 heterocycles. The molecule has 1 saturated heterocycles. The number of carbonyl (C=O) groups excluding carboxylic acids is 4. The Balaban J connectivity index is 1.21. The molecular formula is C37H44FN7O7S2. The second kappa shape index (κ2) is 14.6. The first-order chi connectivity index (χ1) is 25.7. The Hall–Kier alpha value is -4.51. The standard InChI is InChI=1S/C37H44FN7O7S2/c1-4-25-32(42-29-24(38)12-10-14-26(29)40-25)52-23-17-28-30(46)43-37(35(49)44-54(50,51)36(3)15-16-36)18-22(37)11-8-6-5-7-9-13-27(34(48)45(28)20-23)41-31(47)33-39-19-21(2)53-33/h8,10-12,14,19,22-23,27-28H,4-7,9,13,15-18,20H2,1-3H3,(H,41,47)(H,43,46)(H,44,49)/b11-8-/t22?,23-,27+,28+,37-/m1/s1. The molecule has 1 aromatic carbocycles. The van der Waals surface area contributed by atoms with Gasteiger partial charge >= 0.3 is 0 Å². The first-order valence-electron chi connectivity index (χ1n) is 18.4. The second-order valence-electron chi connectivity index (χ2n) is 14.9. The van der Waals surface area contributed by atoms with Crippen LogP contribution in [0.4, 0.5) is 4.39 Å². The van der Waals surface area contributed by atoms with Crippen molar-refractivity contribution in [3.05, 3.63) is 57.9 Å². The molecule has 0 bridgehead atoms. The third-order valence-electron chi connectivity index (χ3n) is 10.9. The van der Waals surface area contributed by atoms with E-state index in [1.54, 1.807) is 25.3 Å². The van der Waals surface area contributed by atoms with Gasteiger partial charge in [0, 0.05) is 23.4 Å². The number of nitrogens with zero attached hydrogens (tertiary/aromatic N) is 4. The second-order valence-corrected chi connectivity index (χ2v) is 18.4. The number of sulfonamides is 1. The van der Waals surface area contributed by atoms with Gasteiger partial charge in [-0.2, -0.15) is 0 Å². The van der Waals surface area contributed by atoms with Crippen LogP contribution in [0.1, 0.15) is 92.0 Å². The van der Waals surface area contributed by atoms with Crippen LogP contribution in [0.5, 0.6) is 5.88 Å². The van der Waals surface area contributed by atoms with Crippen molar-refractivity contribution in [2.24, 2.45) is 5.92 Å². The number of halogens is 1. The van der Waals surface area contributed by atoms with Crippen LogP contribution in [-0.4, -0.2) is 86.9 Å². The lowest BCUT2D eigenvalue weighted by Crippen LogP contribution is -2.58. The number of para-hydroxylation sites is 1. The van der Waals surface area contributed by atoms with Crippen molar-refractivity contribution in [1.82, 2.24) is 35.2 Å². The molecule has 3 fully saturated rings. The maximum absolute atomic E-state index is 14.8. The van der Waals surface area contributed by atoms with Crippen molar-refractivity contribution in [2.75, 3.05) is 6.54 Å². The van der Waals surface area contributed by atoms with Crippen LogP contribution in [-0.2, 0) is 30.8 Å². The molecule has 14 nitrogen and oxygen atoms in total. The highest BCUT2D eigenvalue weighted by molar-refractivity contribution is 7.91. The van der Waals surface area contributed by atoms with Crippen LogP contribution in [0, 0.1) is 18.7 Å². The Morgan fingerprint density at radius 3 is 2.69 bits per heavy atom. The number of carbonyl (C=O) groups is 4. The number of ether oxygens (including phenoxy) is 1. The normalized spacial score (nSPS) is 27.4. The number of aryl methyl sites for hydroxylation is 2. The van der Waals surface area contributed by atoms with Crippen molar-refractivity contribution in [1.29, 1.82) is 0 Å². The van der Waals surface area contributed by atoms with Crippen molar-refractivity contribution < 1.29 is 36.7 Å². The van der Waals surface area contributed by atoms with Gasteiger partial charge in [0.1, 0.15) is 34.9 Å². The summed E-state index contributed by atoms with van der Waals surface area (Å²) in [6.07, 6.45) is 9.06. The molecule has 4 amide bonds. The van der Waals surface area contributed by atoms with E-state index in [2.05, 4.69) is 30.3 Å². The number of benzene rings is 1. The average Bonchev–Trinajstić information content (AvgIpc) is 3.94. The molecule has 3 aromatic rings. The fourth-order valence-corrected chi connectivity index (χ4v) is 9.15. The molecule has 1 unspecified atom stereocenters. The van der Waals surface area contributed by atoms with Gasteiger partial charge in [0.25, 0.3) is 11.8 Å². The lowest BCUT2D eigenvalue weighted by atomic mass is 10.0. The predicted molar refractivity (Wildman–Crippen MR) is 197 cm³/mol. The fraction of sp³-hybridized carbons (Fsp3) is 0.541. The van der Waals surface area contributed by atoms with Crippen LogP contribution in [0.25, 0.3) is 11.0 Å². The van der Waals surface area contributed by atoms with Gasteiger partial charge < -0.3 is 20.3 Å². The number of thiazole rings is 1. The Morgan fingerprint density at radius 1 is 1.17 bits per heavy atom. The smallest absolute Gasteiger partial charge is 0.280 e. The Labute approximate surface area is 316 Å². The maximum Gasteiger partial charge on any atom is 0.280 e. The number of allylic oxidation sites excluding steroid dienone is 1. The molecule has 2 aliphatic heterocycles. The number of nitrogens with one attached hydrogen (secondary N) is 3. The Morgan fingerprint density at radius 2 is 1.96 bits per heavy atom. The number of hydrogen-bond acceptors (Lipinski definition) is 11. The van der Waals surface area contributed by atoms with Crippen molar-refractivity contribution in [2.45, 2.75) is 113 Å². The van der Waals surface area contributed by atoms with Crippen LogP contribution in [0.3, 0.4) is 0 Å². The van der Waals surface area contributed by atoms with Gasteiger partial charge in [-0.3, -0.25) is 23.9 Å². The zero-order valence-electron chi connectivity index (χ0n) is 30.4. The highest BCUT2D eigenvalue weighted by Crippen LogP contribution is 2.47. The summed E-state index contributed by atoms with van der Waals surface area (Å²) < 4.78 is 48.6. The van der Waals surface area contributed by atoms with Gasteiger partial charge in [0.15, 0.2) is 10.8 Å². The monoisotopic (exact) mass is 781 g/mol. The molecule has 17 heteroatoms. The highest BCUT2D eigenvalue weighted by atomic mass is 32.2. The summed E-state index contributed by atoms with van der Waals surface area (Å²) in [6.45, 7) is 5.16. The lowest BCUT2D eigenvalue weighted by Gasteiger charge is -2.30. The maximum atomic E-state index is 14.8. The molecule has 2 saturated carbocycles. The molecule has 54 heavy (non-hydrogen) atoms. The molecule has 2 aromatic heterocycles. The van der Waals surface area contributed by atoms with Crippen molar-refractivity contribution >= 4 is 56.0 Å². The summed E-state index contributed by atoms with van der Waals surface area (Å²) in [5.74, 6) is -3.49. The molecule has 5 atom stereocenters. The number of hydrogen-bond donors (Lipinski definition) is 3. The van der Waals surface area contributed by atoms with E-state index in [-0.39, 0.29) is 35.8 Å². The van der Waals surface area contributed by atoms with Crippen LogP contribution in [0.2, 0.25) is 0 Å². The molecule has 4 aliphatic rings. The van der Waals surface area contributed by atoms with E-state index in [0.29, 0.717) is 49.7 Å². The van der Waals surface area contributed by atoms with E-state index in [4.69, 9.17) is 4.74 Å². The van der Waals surface area contributed by atoms with E-state index in [1.807, 2.05) is 26.0 Å². The first-order valence-corrected chi connectivity index (χ1v) is 20.7.